The molecule has 2 heterocycles. The smallest absolute Gasteiger partial charge is 0.0602 e. The molecule has 1 saturated heterocycles. The van der Waals surface area contributed by atoms with Gasteiger partial charge in [-0.15, -0.1) is 42.6 Å². The second kappa shape index (κ2) is 14.3. The van der Waals surface area contributed by atoms with E-state index in [-0.39, 0.29) is 41.2 Å². The van der Waals surface area contributed by atoms with Gasteiger partial charge >= 0.3 is 0 Å². The van der Waals surface area contributed by atoms with Crippen LogP contribution in [0.3, 0.4) is 0 Å². The molecule has 1 radical (unpaired) electrons. The van der Waals surface area contributed by atoms with Gasteiger partial charge in [0, 0.05) is 23.2 Å². The summed E-state index contributed by atoms with van der Waals surface area (Å²) in [6.45, 7) is 10.9. The molecule has 3 atom stereocenters. The number of rotatable bonds is 4. The third kappa shape index (κ3) is 7.09. The van der Waals surface area contributed by atoms with Crippen LogP contribution in [0.5, 0.6) is 0 Å². The van der Waals surface area contributed by atoms with Crippen molar-refractivity contribution in [1.82, 2.24) is 0 Å². The molecule has 1 saturated carbocycles. The Bertz CT molecular complexity index is 830. The van der Waals surface area contributed by atoms with Crippen LogP contribution >= 0.6 is 0 Å². The van der Waals surface area contributed by atoms with Crippen molar-refractivity contribution < 1.29 is 26.4 Å². The van der Waals surface area contributed by atoms with E-state index in [4.69, 9.17) is 29.0 Å². The number of carbonyl (C=O) groups is 2. The summed E-state index contributed by atoms with van der Waals surface area (Å²) in [7, 11) is 0. The predicted octanol–water partition coefficient (Wildman–Crippen LogP) is 5.44. The van der Waals surface area contributed by atoms with Crippen LogP contribution in [-0.2, 0) is 26.4 Å². The van der Waals surface area contributed by atoms with Gasteiger partial charge in [-0.2, -0.15) is 0 Å². The van der Waals surface area contributed by atoms with Crippen LogP contribution in [0, 0.1) is 29.6 Å². The molecule has 3 unspecified atom stereocenters. The van der Waals surface area contributed by atoms with Gasteiger partial charge in [-0.1, -0.05) is 62.3 Å². The summed E-state index contributed by atoms with van der Waals surface area (Å²) in [4.78, 5) is 24.7. The van der Waals surface area contributed by atoms with E-state index in [1.54, 1.807) is 6.07 Å². The van der Waals surface area contributed by atoms with Crippen LogP contribution in [-0.4, -0.2) is 37.0 Å². The summed E-state index contributed by atoms with van der Waals surface area (Å²) >= 11 is 0. The standard InChI is InChI=1S/C21H26N4O2.2CN.Co/c26-18(24-16-9-1-5-14-7-3-11-22-20(14)16)13-19(27)25-17-10-2-6-15-8-4-12-23-21(15)17;2*1-2;/h1,3,5,7,9,15,17,21H,2,4,6,8,10-13H2,(H2,24,25,26,27);;;/q-2;2*-1;/p-2. The molecule has 9 heteroatoms. The number of benzene rings is 1. The van der Waals surface area contributed by atoms with E-state index in [2.05, 4.69) is 16.0 Å². The van der Waals surface area contributed by atoms with Crippen molar-refractivity contribution in [2.24, 2.45) is 5.92 Å². The van der Waals surface area contributed by atoms with Crippen molar-refractivity contribution in [2.45, 2.75) is 50.6 Å². The van der Waals surface area contributed by atoms with Gasteiger partial charge in [-0.05, 0) is 5.56 Å². The van der Waals surface area contributed by atoms with Crippen LogP contribution in [0.2, 0.25) is 0 Å². The SMILES string of the molecule is O=C(CC(=O)[N-]C1CCCC2CCC[N-]C21)[N-]c1cccc2c1[N-]CC=C2.[C-]#N.[C-]#N.[Co]. The molecule has 1 aliphatic carbocycles. The average Bonchev–Trinajstić information content (AvgIpc) is 2.82. The number of carbonyl (C=O) groups excluding carboxylic acids is 2. The van der Waals surface area contributed by atoms with E-state index >= 15 is 0 Å². The summed E-state index contributed by atoms with van der Waals surface area (Å²) < 4.78 is 0. The van der Waals surface area contributed by atoms with E-state index < -0.39 is 5.91 Å². The zero-order chi connectivity index (χ0) is 22.6. The molecule has 2 amide bonds. The summed E-state index contributed by atoms with van der Waals surface area (Å²) in [5.74, 6) is -0.286. The first-order valence-corrected chi connectivity index (χ1v) is 10.3. The van der Waals surface area contributed by atoms with E-state index in [1.165, 1.54) is 12.8 Å². The number of hydrogen-bond donors (Lipinski definition) is 0. The summed E-state index contributed by atoms with van der Waals surface area (Å²) in [5, 5.41) is 30.1. The predicted molar refractivity (Wildman–Crippen MR) is 117 cm³/mol. The van der Waals surface area contributed by atoms with Gasteiger partial charge in [0.05, 0.1) is 11.8 Å². The third-order valence-electron chi connectivity index (χ3n) is 5.58. The zero-order valence-electron chi connectivity index (χ0n) is 17.6. The fourth-order valence-electron chi connectivity index (χ4n) is 4.37. The van der Waals surface area contributed by atoms with Crippen molar-refractivity contribution in [3.05, 3.63) is 64.3 Å². The maximum atomic E-state index is 12.4. The molecule has 8 nitrogen and oxygen atoms in total. The number of para-hydroxylation sites is 1. The Morgan fingerprint density at radius 3 is 2.59 bits per heavy atom. The van der Waals surface area contributed by atoms with Crippen molar-refractivity contribution in [1.29, 1.82) is 10.5 Å². The molecule has 2 fully saturated rings. The molecule has 1 aromatic rings. The summed E-state index contributed by atoms with van der Waals surface area (Å²) in [5.41, 5.74) is 2.18. The monoisotopic (exact) mass is 475 g/mol. The zero-order valence-corrected chi connectivity index (χ0v) is 18.6. The van der Waals surface area contributed by atoms with Crippen LogP contribution in [0.25, 0.3) is 27.3 Å². The molecule has 32 heavy (non-hydrogen) atoms. The number of amides is 2. The molecule has 3 aliphatic rings. The molecule has 0 aromatic heterocycles. The Hall–Kier alpha value is -2.85. The first kappa shape index (κ1) is 27.2. The largest absolute Gasteiger partial charge is 0.682 e. The molecule has 4 rings (SSSR count). The minimum Gasteiger partial charge on any atom is -0.682 e. The van der Waals surface area contributed by atoms with Crippen molar-refractivity contribution >= 4 is 29.3 Å². The van der Waals surface area contributed by atoms with Crippen LogP contribution in [0.4, 0.5) is 11.4 Å². The second-order valence-electron chi connectivity index (χ2n) is 7.46. The van der Waals surface area contributed by atoms with Crippen LogP contribution in [0.1, 0.15) is 44.1 Å². The Balaban J connectivity index is 0.000000971. The molecular weight excluding hydrogens is 451 g/mol. The van der Waals surface area contributed by atoms with Gasteiger partial charge in [0.1, 0.15) is 0 Å². The minimum atomic E-state index is -0.463. The van der Waals surface area contributed by atoms with Crippen LogP contribution in [0.15, 0.2) is 24.3 Å². The van der Waals surface area contributed by atoms with E-state index in [0.29, 0.717) is 23.8 Å². The fraction of sp³-hybridized carbons (Fsp3) is 0.478. The first-order valence-electron chi connectivity index (χ1n) is 10.3. The van der Waals surface area contributed by atoms with E-state index in [0.717, 1.165) is 31.4 Å². The van der Waals surface area contributed by atoms with Crippen molar-refractivity contribution in [3.8, 4) is 0 Å². The van der Waals surface area contributed by atoms with Gasteiger partial charge in [-0.25, -0.2) is 0 Å². The third-order valence-corrected chi connectivity index (χ3v) is 5.58. The van der Waals surface area contributed by atoms with Crippen molar-refractivity contribution in [2.75, 3.05) is 13.1 Å². The van der Waals surface area contributed by atoms with Crippen molar-refractivity contribution in [3.63, 3.8) is 0 Å². The Kier molecular flexibility index (Phi) is 12.1. The molecular formula is C23H24CoN6O2-6. The van der Waals surface area contributed by atoms with Gasteiger partial charge < -0.3 is 54.5 Å². The molecule has 0 N–H and O–H groups in total. The quantitative estimate of drug-likeness (QED) is 0.423. The van der Waals surface area contributed by atoms with E-state index in [1.807, 2.05) is 24.3 Å². The second-order valence-corrected chi connectivity index (χ2v) is 7.46. The number of nitrogens with zero attached hydrogens (tertiary/aromatic N) is 6. The molecule has 0 spiro atoms. The maximum Gasteiger partial charge on any atom is 0.0602 e. The number of piperidine rings is 1. The maximum absolute atomic E-state index is 12.4. The average molecular weight is 475 g/mol. The molecule has 0 bridgehead atoms. The Labute approximate surface area is 200 Å². The normalized spacial score (nSPS) is 22.3. The molecule has 173 valence electrons. The van der Waals surface area contributed by atoms with E-state index in [9.17, 15) is 9.59 Å². The summed E-state index contributed by atoms with van der Waals surface area (Å²) in [6.07, 6.45) is 9.12. The first-order chi connectivity index (χ1) is 15.2. The topological polar surface area (TPSA) is 138 Å². The minimum absolute atomic E-state index is 0. The van der Waals surface area contributed by atoms with Gasteiger partial charge in [0.15, 0.2) is 0 Å². The Morgan fingerprint density at radius 1 is 1.06 bits per heavy atom. The molecule has 2 aliphatic heterocycles. The molecule has 1 aromatic carbocycles. The van der Waals surface area contributed by atoms with Gasteiger partial charge in [0.25, 0.3) is 0 Å². The van der Waals surface area contributed by atoms with Gasteiger partial charge in [0.2, 0.25) is 0 Å². The summed E-state index contributed by atoms with van der Waals surface area (Å²) in [6, 6.07) is 5.64. The van der Waals surface area contributed by atoms with Crippen LogP contribution < -0.4 is 0 Å². The van der Waals surface area contributed by atoms with Gasteiger partial charge in [-0.3, -0.25) is 0 Å². The fourth-order valence-corrected chi connectivity index (χ4v) is 4.37. The Morgan fingerprint density at radius 2 is 1.81 bits per heavy atom. The number of hydrogen-bond acceptors (Lipinski definition) is 4. The number of fused-ring (bicyclic) bond motifs is 2.